The molecule has 0 aromatic heterocycles. The Morgan fingerprint density at radius 1 is 1.00 bits per heavy atom. The molecule has 3 aromatic carbocycles. The Bertz CT molecular complexity index is 982. The minimum atomic E-state index is -0.413. The first-order valence-electron chi connectivity index (χ1n) is 8.87. The van der Waals surface area contributed by atoms with Crippen LogP contribution in [0.3, 0.4) is 0 Å². The van der Waals surface area contributed by atoms with Gasteiger partial charge in [-0.15, -0.1) is 0 Å². The van der Waals surface area contributed by atoms with E-state index in [1.54, 1.807) is 48.5 Å². The topological polar surface area (TPSA) is 38.3 Å². The lowest BCUT2D eigenvalue weighted by Crippen LogP contribution is -2.20. The number of carbonyl (C=O) groups excluding carboxylic acids is 1. The summed E-state index contributed by atoms with van der Waals surface area (Å²) in [4.78, 5) is 11.9. The molecule has 148 valence electrons. The van der Waals surface area contributed by atoms with Crippen LogP contribution in [-0.4, -0.2) is 5.91 Å². The van der Waals surface area contributed by atoms with Crippen LogP contribution < -0.4 is 10.1 Å². The SMILES string of the molecule is O=C(/C=C/c1ccc(OCc2c(F)cccc2Cl)cc1)NCc1ccc(F)cc1. The summed E-state index contributed by atoms with van der Waals surface area (Å²) in [5.74, 6) is -0.431. The number of nitrogens with one attached hydrogen (secondary N) is 1. The van der Waals surface area contributed by atoms with Crippen LogP contribution in [-0.2, 0) is 17.9 Å². The van der Waals surface area contributed by atoms with Gasteiger partial charge in [0, 0.05) is 18.2 Å². The number of rotatable bonds is 7. The quantitative estimate of drug-likeness (QED) is 0.517. The van der Waals surface area contributed by atoms with E-state index in [1.165, 1.54) is 30.3 Å². The van der Waals surface area contributed by atoms with Gasteiger partial charge < -0.3 is 10.1 Å². The molecule has 29 heavy (non-hydrogen) atoms. The molecule has 0 saturated heterocycles. The normalized spacial score (nSPS) is 10.9. The zero-order valence-electron chi connectivity index (χ0n) is 15.4. The standard InChI is InChI=1S/C23H18ClF2NO2/c24-21-2-1-3-22(26)20(21)15-29-19-11-6-16(7-12-19)8-13-23(28)27-14-17-4-9-18(25)10-5-17/h1-13H,14-15H2,(H,27,28)/b13-8+. The fourth-order valence-electron chi connectivity index (χ4n) is 2.52. The zero-order valence-corrected chi connectivity index (χ0v) is 16.1. The Labute approximate surface area is 172 Å². The largest absolute Gasteiger partial charge is 0.489 e. The van der Waals surface area contributed by atoms with Crippen LogP contribution in [0.25, 0.3) is 6.08 Å². The molecule has 3 rings (SSSR count). The van der Waals surface area contributed by atoms with Crippen LogP contribution in [0.15, 0.2) is 72.8 Å². The highest BCUT2D eigenvalue weighted by molar-refractivity contribution is 6.31. The molecule has 3 nitrogen and oxygen atoms in total. The van der Waals surface area contributed by atoms with Crippen molar-refractivity contribution in [3.05, 3.63) is 106 Å². The van der Waals surface area contributed by atoms with Crippen molar-refractivity contribution in [1.82, 2.24) is 5.32 Å². The minimum absolute atomic E-state index is 0.0203. The molecule has 0 aliphatic heterocycles. The van der Waals surface area contributed by atoms with Gasteiger partial charge in [-0.2, -0.15) is 0 Å². The van der Waals surface area contributed by atoms with Crippen LogP contribution >= 0.6 is 11.6 Å². The molecule has 0 aliphatic rings. The van der Waals surface area contributed by atoms with Gasteiger partial charge in [0.05, 0.1) is 5.02 Å². The van der Waals surface area contributed by atoms with Gasteiger partial charge in [-0.05, 0) is 53.6 Å². The maximum Gasteiger partial charge on any atom is 0.244 e. The highest BCUT2D eigenvalue weighted by Crippen LogP contribution is 2.22. The molecule has 6 heteroatoms. The van der Waals surface area contributed by atoms with Crippen molar-refractivity contribution in [3.63, 3.8) is 0 Å². The second-order valence-corrected chi connectivity index (χ2v) is 6.64. The van der Waals surface area contributed by atoms with Crippen LogP contribution in [0, 0.1) is 11.6 Å². The summed E-state index contributed by atoms with van der Waals surface area (Å²) in [5.41, 5.74) is 1.92. The highest BCUT2D eigenvalue weighted by Gasteiger charge is 2.07. The van der Waals surface area contributed by atoms with Gasteiger partial charge in [0.1, 0.15) is 24.0 Å². The van der Waals surface area contributed by atoms with Crippen molar-refractivity contribution in [2.75, 3.05) is 0 Å². The maximum absolute atomic E-state index is 13.8. The van der Waals surface area contributed by atoms with E-state index in [4.69, 9.17) is 16.3 Å². The van der Waals surface area contributed by atoms with Crippen LogP contribution in [0.2, 0.25) is 5.02 Å². The first-order chi connectivity index (χ1) is 14.0. The Morgan fingerprint density at radius 3 is 2.41 bits per heavy atom. The predicted molar refractivity (Wildman–Crippen MR) is 109 cm³/mol. The molecule has 0 radical (unpaired) electrons. The molecule has 0 spiro atoms. The van der Waals surface area contributed by atoms with Crippen LogP contribution in [0.4, 0.5) is 8.78 Å². The van der Waals surface area contributed by atoms with E-state index in [9.17, 15) is 13.6 Å². The van der Waals surface area contributed by atoms with Gasteiger partial charge in [0.25, 0.3) is 0 Å². The van der Waals surface area contributed by atoms with Crippen molar-refractivity contribution in [3.8, 4) is 5.75 Å². The fourth-order valence-corrected chi connectivity index (χ4v) is 2.74. The molecule has 3 aromatic rings. The first-order valence-corrected chi connectivity index (χ1v) is 9.25. The molecular formula is C23H18ClF2NO2. The molecule has 0 atom stereocenters. The molecule has 0 unspecified atom stereocenters. The number of ether oxygens (including phenoxy) is 1. The summed E-state index contributed by atoms with van der Waals surface area (Å²) in [6.07, 6.45) is 3.08. The van der Waals surface area contributed by atoms with E-state index in [2.05, 4.69) is 5.32 Å². The molecule has 0 fully saturated rings. The van der Waals surface area contributed by atoms with Crippen LogP contribution in [0.1, 0.15) is 16.7 Å². The highest BCUT2D eigenvalue weighted by atomic mass is 35.5. The van der Waals surface area contributed by atoms with Crippen molar-refractivity contribution < 1.29 is 18.3 Å². The molecule has 0 heterocycles. The number of hydrogen-bond acceptors (Lipinski definition) is 2. The summed E-state index contributed by atoms with van der Waals surface area (Å²) in [6.45, 7) is 0.335. The van der Waals surface area contributed by atoms with Crippen molar-refractivity contribution in [1.29, 1.82) is 0 Å². The predicted octanol–water partition coefficient (Wildman–Crippen LogP) is 5.53. The first kappa shape index (κ1) is 20.6. The Morgan fingerprint density at radius 2 is 1.72 bits per heavy atom. The van der Waals surface area contributed by atoms with E-state index < -0.39 is 5.82 Å². The summed E-state index contributed by atoms with van der Waals surface area (Å²) in [6, 6.07) is 17.4. The second kappa shape index (κ2) is 9.85. The summed E-state index contributed by atoms with van der Waals surface area (Å²) in [7, 11) is 0. The van der Waals surface area contributed by atoms with Gasteiger partial charge in [0.2, 0.25) is 5.91 Å². The molecule has 1 N–H and O–H groups in total. The van der Waals surface area contributed by atoms with Crippen LogP contribution in [0.5, 0.6) is 5.75 Å². The molecule has 1 amide bonds. The summed E-state index contributed by atoms with van der Waals surface area (Å²) < 4.78 is 32.2. The number of hydrogen-bond donors (Lipinski definition) is 1. The third-order valence-electron chi connectivity index (χ3n) is 4.13. The van der Waals surface area contributed by atoms with Gasteiger partial charge in [-0.3, -0.25) is 4.79 Å². The van der Waals surface area contributed by atoms with Crippen molar-refractivity contribution >= 4 is 23.6 Å². The van der Waals surface area contributed by atoms with E-state index in [0.29, 0.717) is 22.9 Å². The number of benzene rings is 3. The lowest BCUT2D eigenvalue weighted by Gasteiger charge is -2.09. The van der Waals surface area contributed by atoms with E-state index in [0.717, 1.165) is 11.1 Å². The van der Waals surface area contributed by atoms with E-state index in [-0.39, 0.29) is 18.3 Å². The lowest BCUT2D eigenvalue weighted by atomic mass is 10.2. The van der Waals surface area contributed by atoms with Gasteiger partial charge >= 0.3 is 0 Å². The molecular weight excluding hydrogens is 396 g/mol. The second-order valence-electron chi connectivity index (χ2n) is 6.24. The number of carbonyl (C=O) groups is 1. The average Bonchev–Trinajstić information content (AvgIpc) is 2.72. The van der Waals surface area contributed by atoms with E-state index >= 15 is 0 Å². The monoisotopic (exact) mass is 413 g/mol. The van der Waals surface area contributed by atoms with Gasteiger partial charge in [-0.1, -0.05) is 41.9 Å². The minimum Gasteiger partial charge on any atom is -0.489 e. The summed E-state index contributed by atoms with van der Waals surface area (Å²) >= 11 is 5.98. The number of halogens is 3. The Kier molecular flexibility index (Phi) is 6.98. The average molecular weight is 414 g/mol. The van der Waals surface area contributed by atoms with Crippen molar-refractivity contribution in [2.45, 2.75) is 13.2 Å². The molecule has 0 bridgehead atoms. The Hall–Kier alpha value is -3.18. The third-order valence-corrected chi connectivity index (χ3v) is 4.49. The van der Waals surface area contributed by atoms with E-state index in [1.807, 2.05) is 0 Å². The van der Waals surface area contributed by atoms with Gasteiger partial charge in [-0.25, -0.2) is 8.78 Å². The van der Waals surface area contributed by atoms with Crippen molar-refractivity contribution in [2.24, 2.45) is 0 Å². The smallest absolute Gasteiger partial charge is 0.244 e. The zero-order chi connectivity index (χ0) is 20.6. The third kappa shape index (κ3) is 6.16. The summed E-state index contributed by atoms with van der Waals surface area (Å²) in [5, 5.41) is 3.04. The maximum atomic E-state index is 13.8. The molecule has 0 aliphatic carbocycles. The number of amides is 1. The van der Waals surface area contributed by atoms with Gasteiger partial charge in [0.15, 0.2) is 0 Å². The fraction of sp³-hybridized carbons (Fsp3) is 0.0870. The molecule has 0 saturated carbocycles. The lowest BCUT2D eigenvalue weighted by molar-refractivity contribution is -0.116. The Balaban J connectivity index is 1.50.